The molecule has 4 unspecified atom stereocenters. The van der Waals surface area contributed by atoms with Crippen molar-refractivity contribution >= 4 is 29.9 Å². The summed E-state index contributed by atoms with van der Waals surface area (Å²) in [5.41, 5.74) is 0. The molecule has 2 fully saturated rings. The van der Waals surface area contributed by atoms with Gasteiger partial charge in [-0.25, -0.2) is 4.99 Å². The summed E-state index contributed by atoms with van der Waals surface area (Å²) in [5, 5.41) is 6.84. The Balaban J connectivity index is 0.00000243. The van der Waals surface area contributed by atoms with E-state index in [0.29, 0.717) is 24.8 Å². The first-order valence-corrected chi connectivity index (χ1v) is 9.19. The Hall–Kier alpha value is -1.22. The van der Waals surface area contributed by atoms with Crippen LogP contribution in [0.25, 0.3) is 0 Å². The van der Waals surface area contributed by atoms with Gasteiger partial charge in [-0.3, -0.25) is 0 Å². The zero-order valence-electron chi connectivity index (χ0n) is 15.7. The van der Waals surface area contributed by atoms with Crippen molar-refractivity contribution < 1.29 is 14.2 Å². The summed E-state index contributed by atoms with van der Waals surface area (Å²) >= 11 is 0. The van der Waals surface area contributed by atoms with E-state index in [-0.39, 0.29) is 30.1 Å². The average molecular weight is 475 g/mol. The van der Waals surface area contributed by atoms with E-state index in [2.05, 4.69) is 22.5 Å². The van der Waals surface area contributed by atoms with E-state index >= 15 is 0 Å². The Labute approximate surface area is 173 Å². The number of hydrogen-bond donors (Lipinski definition) is 2. The third-order valence-corrected chi connectivity index (χ3v) is 4.66. The fourth-order valence-electron chi connectivity index (χ4n) is 3.45. The van der Waals surface area contributed by atoms with E-state index in [1.165, 1.54) is 6.42 Å². The smallest absolute Gasteiger partial charge is 0.191 e. The number of guanidine groups is 1. The fraction of sp³-hybridized carbons (Fsp3) is 0.632. The summed E-state index contributed by atoms with van der Waals surface area (Å²) in [6, 6.07) is 8.01. The van der Waals surface area contributed by atoms with Crippen LogP contribution in [0.4, 0.5) is 0 Å². The van der Waals surface area contributed by atoms with Crippen LogP contribution in [0.2, 0.25) is 0 Å². The number of hydrogen-bond acceptors (Lipinski definition) is 4. The highest BCUT2D eigenvalue weighted by molar-refractivity contribution is 14.0. The van der Waals surface area contributed by atoms with Crippen molar-refractivity contribution in [3.8, 4) is 11.5 Å². The Morgan fingerprint density at radius 2 is 2.15 bits per heavy atom. The molecule has 6 nitrogen and oxygen atoms in total. The summed E-state index contributed by atoms with van der Waals surface area (Å²) in [7, 11) is 1.65. The van der Waals surface area contributed by atoms with Gasteiger partial charge in [0.1, 0.15) is 17.6 Å². The van der Waals surface area contributed by atoms with Gasteiger partial charge in [0.2, 0.25) is 0 Å². The lowest BCUT2D eigenvalue weighted by Gasteiger charge is -2.23. The number of nitrogens with one attached hydrogen (secondary N) is 2. The van der Waals surface area contributed by atoms with Gasteiger partial charge in [-0.15, -0.1) is 24.0 Å². The minimum Gasteiger partial charge on any atom is -0.497 e. The number of benzene rings is 1. The van der Waals surface area contributed by atoms with Gasteiger partial charge in [0.15, 0.2) is 5.96 Å². The molecule has 1 aromatic carbocycles. The van der Waals surface area contributed by atoms with Crippen molar-refractivity contribution in [2.75, 3.05) is 20.2 Å². The van der Waals surface area contributed by atoms with Crippen LogP contribution in [0.3, 0.4) is 0 Å². The van der Waals surface area contributed by atoms with E-state index in [0.717, 1.165) is 36.8 Å². The first-order chi connectivity index (χ1) is 12.2. The molecule has 2 aliphatic rings. The molecule has 4 atom stereocenters. The summed E-state index contributed by atoms with van der Waals surface area (Å²) in [6.07, 6.45) is 4.16. The Morgan fingerprint density at radius 3 is 2.81 bits per heavy atom. The van der Waals surface area contributed by atoms with E-state index in [9.17, 15) is 0 Å². The van der Waals surface area contributed by atoms with Gasteiger partial charge < -0.3 is 24.8 Å². The van der Waals surface area contributed by atoms with Crippen LogP contribution in [0.5, 0.6) is 11.5 Å². The van der Waals surface area contributed by atoms with Crippen molar-refractivity contribution in [3.63, 3.8) is 0 Å². The van der Waals surface area contributed by atoms with E-state index in [1.807, 2.05) is 31.2 Å². The third kappa shape index (κ3) is 5.64. The number of methoxy groups -OCH3 is 1. The highest BCUT2D eigenvalue weighted by atomic mass is 127. The van der Waals surface area contributed by atoms with Gasteiger partial charge >= 0.3 is 0 Å². The molecule has 0 spiro atoms. The number of halogens is 1. The standard InChI is InChI=1S/C19H29N3O3.HI/c1-4-20-19(22-17-11-16-8-9-18(17)25-16)21-12-13(2)24-15-7-5-6-14(10-15)23-3;/h5-7,10,13,16-18H,4,8-9,11-12H2,1-3H3,(H2,20,21,22);1H. The highest BCUT2D eigenvalue weighted by Crippen LogP contribution is 2.34. The Kier molecular flexibility index (Phi) is 8.27. The highest BCUT2D eigenvalue weighted by Gasteiger charge is 2.41. The van der Waals surface area contributed by atoms with Gasteiger partial charge in [-0.1, -0.05) is 6.07 Å². The molecule has 0 saturated carbocycles. The van der Waals surface area contributed by atoms with Crippen LogP contribution in [-0.2, 0) is 4.74 Å². The van der Waals surface area contributed by atoms with E-state index in [4.69, 9.17) is 14.2 Å². The molecule has 3 rings (SSSR count). The predicted octanol–water partition coefficient (Wildman–Crippen LogP) is 2.96. The number of fused-ring (bicyclic) bond motifs is 2. The molecule has 1 aromatic rings. The lowest BCUT2D eigenvalue weighted by atomic mass is 9.96. The molecule has 0 aromatic heterocycles. The number of ether oxygens (including phenoxy) is 3. The second-order valence-electron chi connectivity index (χ2n) is 6.69. The normalized spacial score (nSPS) is 25.3. The lowest BCUT2D eigenvalue weighted by Crippen LogP contribution is -2.47. The van der Waals surface area contributed by atoms with E-state index < -0.39 is 0 Å². The third-order valence-electron chi connectivity index (χ3n) is 4.66. The van der Waals surface area contributed by atoms with Crippen molar-refractivity contribution in [2.24, 2.45) is 4.99 Å². The van der Waals surface area contributed by atoms with Gasteiger partial charge in [-0.2, -0.15) is 0 Å². The molecule has 2 N–H and O–H groups in total. The Bertz CT molecular complexity index is 599. The summed E-state index contributed by atoms with van der Waals surface area (Å²) in [6.45, 7) is 5.50. The molecular weight excluding hydrogens is 445 g/mol. The maximum Gasteiger partial charge on any atom is 0.191 e. The van der Waals surface area contributed by atoms with Crippen LogP contribution in [0.15, 0.2) is 29.3 Å². The quantitative estimate of drug-likeness (QED) is 0.361. The summed E-state index contributed by atoms with van der Waals surface area (Å²) in [4.78, 5) is 4.68. The summed E-state index contributed by atoms with van der Waals surface area (Å²) in [5.74, 6) is 2.42. The number of nitrogens with zero attached hydrogens (tertiary/aromatic N) is 1. The molecule has 26 heavy (non-hydrogen) atoms. The molecule has 0 amide bonds. The van der Waals surface area contributed by atoms with E-state index in [1.54, 1.807) is 7.11 Å². The van der Waals surface area contributed by atoms with Crippen molar-refractivity contribution in [1.82, 2.24) is 10.6 Å². The zero-order valence-corrected chi connectivity index (χ0v) is 18.1. The number of rotatable bonds is 7. The monoisotopic (exact) mass is 475 g/mol. The SMILES string of the molecule is CCNC(=NCC(C)Oc1cccc(OC)c1)NC1CC2CCC1O2.I. The first kappa shape index (κ1) is 21.1. The average Bonchev–Trinajstić information content (AvgIpc) is 3.23. The Morgan fingerprint density at radius 1 is 1.35 bits per heavy atom. The largest absolute Gasteiger partial charge is 0.497 e. The van der Waals surface area contributed by atoms with Crippen LogP contribution < -0.4 is 20.1 Å². The maximum atomic E-state index is 5.94. The van der Waals surface area contributed by atoms with Crippen LogP contribution in [0.1, 0.15) is 33.1 Å². The fourth-order valence-corrected chi connectivity index (χ4v) is 3.45. The van der Waals surface area contributed by atoms with Crippen molar-refractivity contribution in [2.45, 2.75) is 57.5 Å². The molecule has 2 heterocycles. The van der Waals surface area contributed by atoms with Crippen LogP contribution >= 0.6 is 24.0 Å². The number of aliphatic imine (C=N–C) groups is 1. The molecule has 7 heteroatoms. The molecule has 0 aliphatic carbocycles. The second kappa shape index (κ2) is 10.2. The van der Waals surface area contributed by atoms with Gasteiger partial charge in [-0.05, 0) is 45.2 Å². The molecule has 0 radical (unpaired) electrons. The molecule has 2 aliphatic heterocycles. The second-order valence-corrected chi connectivity index (χ2v) is 6.69. The minimum absolute atomic E-state index is 0. The maximum absolute atomic E-state index is 5.94. The topological polar surface area (TPSA) is 64.1 Å². The molecular formula is C19H30IN3O3. The van der Waals surface area contributed by atoms with Crippen LogP contribution in [-0.4, -0.2) is 50.5 Å². The van der Waals surface area contributed by atoms with Gasteiger partial charge in [0.05, 0.1) is 31.9 Å². The van der Waals surface area contributed by atoms with Crippen molar-refractivity contribution in [3.05, 3.63) is 24.3 Å². The van der Waals surface area contributed by atoms with Gasteiger partial charge in [0, 0.05) is 12.6 Å². The zero-order chi connectivity index (χ0) is 17.6. The molecule has 2 bridgehead atoms. The predicted molar refractivity (Wildman–Crippen MR) is 114 cm³/mol. The summed E-state index contributed by atoms with van der Waals surface area (Å²) < 4.78 is 17.1. The van der Waals surface area contributed by atoms with Crippen molar-refractivity contribution in [1.29, 1.82) is 0 Å². The van der Waals surface area contributed by atoms with Gasteiger partial charge in [0.25, 0.3) is 0 Å². The lowest BCUT2D eigenvalue weighted by molar-refractivity contribution is 0.0992. The molecule has 146 valence electrons. The van der Waals surface area contributed by atoms with Crippen LogP contribution in [0, 0.1) is 0 Å². The molecule has 2 saturated heterocycles. The first-order valence-electron chi connectivity index (χ1n) is 9.19. The minimum atomic E-state index is -0.0289.